The van der Waals surface area contributed by atoms with Gasteiger partial charge in [0, 0.05) is 121 Å². The van der Waals surface area contributed by atoms with Crippen LogP contribution in [0.4, 0.5) is 0 Å². The summed E-state index contributed by atoms with van der Waals surface area (Å²) in [5, 5.41) is 25.8. The smallest absolute Gasteiger partial charge is 0.0647 e. The van der Waals surface area contributed by atoms with Crippen molar-refractivity contribution >= 4 is 209 Å². The van der Waals surface area contributed by atoms with E-state index in [0.717, 1.165) is 4.47 Å². The third-order valence-electron chi connectivity index (χ3n) is 19.6. The van der Waals surface area contributed by atoms with E-state index >= 15 is 0 Å². The number of hydrogen-bond acceptors (Lipinski definition) is 2. The molecule has 0 unspecified atom stereocenters. The van der Waals surface area contributed by atoms with Crippen LogP contribution in [0.15, 0.2) is 320 Å². The van der Waals surface area contributed by atoms with Crippen LogP contribution in [0, 0.1) is 0 Å². The maximum Gasteiger partial charge on any atom is 0.0647 e. The summed E-state index contributed by atoms with van der Waals surface area (Å²) in [5.41, 5.74) is 13.4. The Morgan fingerprint density at radius 3 is 1.26 bits per heavy atom. The molecule has 0 amide bonds. The summed E-state index contributed by atoms with van der Waals surface area (Å²) in [6.07, 6.45) is 0. The topological polar surface area (TPSA) is 30.6 Å². The van der Waals surface area contributed by atoms with Gasteiger partial charge < -0.3 is 18.7 Å². The van der Waals surface area contributed by atoms with E-state index in [-0.39, 0.29) is 7.43 Å². The molecule has 0 saturated carbocycles. The van der Waals surface area contributed by atoms with Crippen LogP contribution in [0.2, 0.25) is 0 Å². The number of hydrogen-bond donors (Lipinski definition) is 1. The van der Waals surface area contributed by atoms with E-state index in [4.69, 9.17) is 0 Å². The first-order valence-electron chi connectivity index (χ1n) is 32.2. The molecule has 0 aliphatic heterocycles. The second-order valence-corrected chi connectivity index (χ2v) is 27.9. The zero-order chi connectivity index (χ0) is 62.4. The Labute approximate surface area is 568 Å². The highest BCUT2D eigenvalue weighted by molar-refractivity contribution is 9.10. The minimum absolute atomic E-state index is 0. The average Bonchev–Trinajstić information content (AvgIpc) is 1.54. The van der Waals surface area contributed by atoms with Crippen LogP contribution in [-0.2, 0) is 0 Å². The van der Waals surface area contributed by atoms with Gasteiger partial charge in [0.1, 0.15) is 0 Å². The van der Waals surface area contributed by atoms with Gasteiger partial charge in [-0.25, -0.2) is 0 Å². The Morgan fingerprint density at radius 2 is 0.667 bits per heavy atom. The van der Waals surface area contributed by atoms with Crippen molar-refractivity contribution < 1.29 is 0 Å². The second-order valence-electron chi connectivity index (χ2n) is 24.8. The van der Waals surface area contributed by atoms with Gasteiger partial charge in [-0.15, -0.1) is 22.7 Å². The van der Waals surface area contributed by atoms with Crippen LogP contribution in [-0.4, -0.2) is 18.7 Å². The predicted molar refractivity (Wildman–Crippen MR) is 422 cm³/mol. The highest BCUT2D eigenvalue weighted by atomic mass is 79.9. The van der Waals surface area contributed by atoms with Gasteiger partial charge in [-0.2, -0.15) is 0 Å². The fourth-order valence-electron chi connectivity index (χ4n) is 15.6. The van der Waals surface area contributed by atoms with E-state index in [1.165, 1.54) is 188 Å². The highest BCUT2D eigenvalue weighted by Gasteiger charge is 2.26. The van der Waals surface area contributed by atoms with Crippen molar-refractivity contribution in [3.63, 3.8) is 0 Å². The number of H-pyrrole nitrogens is 1. The van der Waals surface area contributed by atoms with Crippen molar-refractivity contribution in [2.24, 2.45) is 0 Å². The van der Waals surface area contributed by atoms with Gasteiger partial charge in [-0.1, -0.05) is 242 Å². The van der Waals surface area contributed by atoms with Crippen molar-refractivity contribution in [2.75, 3.05) is 0 Å². The third-order valence-corrected chi connectivity index (χ3v) is 22.4. The maximum atomic E-state index is 3.81. The predicted octanol–water partition coefficient (Wildman–Crippen LogP) is 26.7. The molecule has 7 heteroatoms. The van der Waals surface area contributed by atoms with Gasteiger partial charge in [0.15, 0.2) is 0 Å². The molecule has 22 rings (SSSR count). The number of benzene rings is 16. The molecule has 16 aromatic carbocycles. The van der Waals surface area contributed by atoms with E-state index < -0.39 is 0 Å². The van der Waals surface area contributed by atoms with Crippen LogP contribution in [0.3, 0.4) is 0 Å². The summed E-state index contributed by atoms with van der Waals surface area (Å²) in [7, 11) is 0. The normalized spacial score (nSPS) is 11.9. The molecule has 6 heterocycles. The summed E-state index contributed by atoms with van der Waals surface area (Å²) in [6, 6.07) is 115. The van der Waals surface area contributed by atoms with Crippen molar-refractivity contribution in [1.82, 2.24) is 18.7 Å². The summed E-state index contributed by atoms with van der Waals surface area (Å²) >= 11 is 7.22. The van der Waals surface area contributed by atoms with E-state index in [9.17, 15) is 0 Å². The SMILES string of the molecule is Brc1ccc2c(c1)sc1ccccc12.C.c1ccc(-n2c3ccccc3c3c4ccccc4c4[nH]c5cc6ccccc6cc5c4c32)cc1.c1ccc(-n2c3ccccc3c3c4ccccc4c4c(c5cc6ccccc6cc5n4-c4ccc5c(c4)sc4ccccc45)c32)cc1. The Morgan fingerprint density at radius 1 is 0.250 bits per heavy atom. The number of para-hydroxylation sites is 4. The first kappa shape index (κ1) is 56.2. The van der Waals surface area contributed by atoms with E-state index in [1.54, 1.807) is 0 Å². The van der Waals surface area contributed by atoms with Crippen LogP contribution in [0.1, 0.15) is 7.43 Å². The first-order valence-corrected chi connectivity index (χ1v) is 34.7. The fraction of sp³-hybridized carbons (Fsp3) is 0.0112. The zero-order valence-corrected chi connectivity index (χ0v) is 54.3. The lowest BCUT2D eigenvalue weighted by Crippen LogP contribution is -1.96. The Hall–Kier alpha value is -11.3. The Kier molecular flexibility index (Phi) is 13.0. The number of aromatic nitrogens is 4. The molecule has 1 N–H and O–H groups in total. The van der Waals surface area contributed by atoms with Crippen molar-refractivity contribution in [3.8, 4) is 17.1 Å². The summed E-state index contributed by atoms with van der Waals surface area (Å²) in [6.45, 7) is 0. The number of fused-ring (bicyclic) bond motifs is 28. The molecule has 22 aromatic rings. The van der Waals surface area contributed by atoms with Crippen LogP contribution in [0.5, 0.6) is 0 Å². The van der Waals surface area contributed by atoms with E-state index in [0.29, 0.717) is 0 Å². The van der Waals surface area contributed by atoms with Crippen LogP contribution >= 0.6 is 38.6 Å². The average molecular weight is 1330 g/mol. The third kappa shape index (κ3) is 8.50. The quantitative estimate of drug-likeness (QED) is 0.183. The summed E-state index contributed by atoms with van der Waals surface area (Å²) < 4.78 is 14.0. The van der Waals surface area contributed by atoms with Crippen molar-refractivity contribution in [2.45, 2.75) is 7.43 Å². The Balaban J connectivity index is 0.000000115. The molecular formula is C89H57BrN4S2. The van der Waals surface area contributed by atoms with Crippen molar-refractivity contribution in [1.29, 1.82) is 0 Å². The van der Waals surface area contributed by atoms with Gasteiger partial charge in [-0.3, -0.25) is 0 Å². The number of halogens is 1. The molecule has 0 saturated heterocycles. The molecule has 0 radical (unpaired) electrons. The largest absolute Gasteiger partial charge is 0.354 e. The molecule has 0 aliphatic rings. The Bertz CT molecular complexity index is 6920. The second kappa shape index (κ2) is 22.2. The molecule has 0 fully saturated rings. The summed E-state index contributed by atoms with van der Waals surface area (Å²) in [4.78, 5) is 3.81. The van der Waals surface area contributed by atoms with E-state index in [2.05, 4.69) is 350 Å². The number of rotatable bonds is 3. The molecule has 96 heavy (non-hydrogen) atoms. The van der Waals surface area contributed by atoms with Crippen LogP contribution in [0.25, 0.3) is 188 Å². The monoisotopic (exact) mass is 1320 g/mol. The summed E-state index contributed by atoms with van der Waals surface area (Å²) in [5.74, 6) is 0. The molecule has 0 aliphatic carbocycles. The van der Waals surface area contributed by atoms with E-state index in [1.807, 2.05) is 22.7 Å². The standard InChI is InChI=1S/C44H26N2S.C32H20N2.C12H7BrS.CH4/c1-2-14-29(15-3-1)45-37-20-10-8-19-35(37)41-33-17-6-7-18-34(33)43-42(44(41)45)36-24-27-12-4-5-13-28(27)25-38(36)46(43)30-22-23-32-31-16-9-11-21-39(31)47-40(32)26-30;1-2-12-22(13-3-1)34-28-17-9-8-16-25(28)29-23-14-6-7-15-24(23)31-30(32(29)34)26-18-20-10-4-5-11-21(20)19-27(26)33-31;13-8-5-6-10-9-3-1-2-4-11(9)14-12(10)7-8;/h1-26H;1-19,33H;1-7H;1H4. The molecule has 452 valence electrons. The highest BCUT2D eigenvalue weighted by Crippen LogP contribution is 2.50. The zero-order valence-electron chi connectivity index (χ0n) is 51.1. The lowest BCUT2D eigenvalue weighted by atomic mass is 9.98. The molecular weight excluding hydrogens is 1270 g/mol. The fourth-order valence-corrected chi connectivity index (χ4v) is 18.4. The molecule has 0 spiro atoms. The van der Waals surface area contributed by atoms with Gasteiger partial charge >= 0.3 is 0 Å². The lowest BCUT2D eigenvalue weighted by molar-refractivity contribution is 1.18. The number of nitrogens with one attached hydrogen (secondary N) is 1. The van der Waals surface area contributed by atoms with Crippen molar-refractivity contribution in [3.05, 3.63) is 320 Å². The molecule has 6 aromatic heterocycles. The number of aromatic amines is 1. The van der Waals surface area contributed by atoms with Gasteiger partial charge in [0.05, 0.1) is 38.6 Å². The molecule has 0 atom stereocenters. The first-order chi connectivity index (χ1) is 47.1. The van der Waals surface area contributed by atoms with Gasteiger partial charge in [0.2, 0.25) is 0 Å². The molecule has 0 bridgehead atoms. The van der Waals surface area contributed by atoms with Crippen LogP contribution < -0.4 is 0 Å². The van der Waals surface area contributed by atoms with Gasteiger partial charge in [-0.05, 0) is 129 Å². The number of nitrogens with zero attached hydrogens (tertiary/aromatic N) is 3. The van der Waals surface area contributed by atoms with Gasteiger partial charge in [0.25, 0.3) is 0 Å². The molecule has 4 nitrogen and oxygen atoms in total. The minimum Gasteiger partial charge on any atom is -0.354 e. The maximum absolute atomic E-state index is 3.81. The minimum atomic E-state index is 0. The lowest BCUT2D eigenvalue weighted by Gasteiger charge is -2.13. The number of thiophene rings is 2.